The van der Waals surface area contributed by atoms with E-state index in [1.54, 1.807) is 48.4 Å². The van der Waals surface area contributed by atoms with Gasteiger partial charge < -0.3 is 15.0 Å². The molecule has 0 aromatic heterocycles. The van der Waals surface area contributed by atoms with Gasteiger partial charge in [-0.3, -0.25) is 9.59 Å². The third kappa shape index (κ3) is 5.46. The molecular weight excluding hydrogens is 430 g/mol. The molecular formula is C23H29N3O5S. The lowest BCUT2D eigenvalue weighted by Gasteiger charge is -2.21. The highest BCUT2D eigenvalue weighted by atomic mass is 32.2. The number of hydrogen-bond acceptors (Lipinski definition) is 5. The van der Waals surface area contributed by atoms with Gasteiger partial charge in [0.2, 0.25) is 21.8 Å². The van der Waals surface area contributed by atoms with Crippen LogP contribution >= 0.6 is 0 Å². The Morgan fingerprint density at radius 1 is 1.12 bits per heavy atom. The summed E-state index contributed by atoms with van der Waals surface area (Å²) in [5, 5.41) is 2.77. The number of carbonyl (C=O) groups excluding carboxylic acids is 2. The largest absolute Gasteiger partial charge is 0.497 e. The topological polar surface area (TPSA) is 105 Å². The number of carbonyl (C=O) groups is 2. The molecule has 2 aromatic carbocycles. The van der Waals surface area contributed by atoms with E-state index >= 15 is 0 Å². The van der Waals surface area contributed by atoms with Gasteiger partial charge in [-0.1, -0.05) is 13.8 Å². The zero-order valence-electron chi connectivity index (χ0n) is 18.7. The number of amides is 2. The van der Waals surface area contributed by atoms with Gasteiger partial charge in [0.15, 0.2) is 0 Å². The molecule has 2 aromatic rings. The van der Waals surface area contributed by atoms with Gasteiger partial charge >= 0.3 is 0 Å². The van der Waals surface area contributed by atoms with E-state index in [1.807, 2.05) is 13.8 Å². The number of sulfonamides is 1. The van der Waals surface area contributed by atoms with Crippen LogP contribution in [-0.2, 0) is 26.0 Å². The van der Waals surface area contributed by atoms with Crippen molar-refractivity contribution in [2.45, 2.75) is 44.6 Å². The molecule has 2 amide bonds. The molecule has 0 spiro atoms. The average Bonchev–Trinajstić information content (AvgIpc) is 3.17. The average molecular weight is 460 g/mol. The van der Waals surface area contributed by atoms with Gasteiger partial charge in [0.1, 0.15) is 11.8 Å². The van der Waals surface area contributed by atoms with Crippen molar-refractivity contribution in [1.29, 1.82) is 0 Å². The van der Waals surface area contributed by atoms with E-state index in [1.165, 1.54) is 13.0 Å². The third-order valence-corrected chi connectivity index (χ3v) is 6.78. The Balaban J connectivity index is 1.79. The van der Waals surface area contributed by atoms with Gasteiger partial charge in [-0.25, -0.2) is 8.42 Å². The first kappa shape index (κ1) is 23.7. The second-order valence-corrected chi connectivity index (χ2v) is 9.95. The molecule has 172 valence electrons. The summed E-state index contributed by atoms with van der Waals surface area (Å²) in [5.41, 5.74) is 2.07. The van der Waals surface area contributed by atoms with E-state index in [0.717, 1.165) is 11.3 Å². The fourth-order valence-electron chi connectivity index (χ4n) is 3.71. The Morgan fingerprint density at radius 3 is 2.41 bits per heavy atom. The van der Waals surface area contributed by atoms with E-state index in [-0.39, 0.29) is 16.7 Å². The molecule has 0 fully saturated rings. The summed E-state index contributed by atoms with van der Waals surface area (Å²) in [7, 11) is -2.39. The van der Waals surface area contributed by atoms with Crippen LogP contribution in [0.4, 0.5) is 11.4 Å². The quantitative estimate of drug-likeness (QED) is 0.632. The summed E-state index contributed by atoms with van der Waals surface area (Å²) in [4.78, 5) is 26.4. The van der Waals surface area contributed by atoms with Gasteiger partial charge in [0, 0.05) is 24.8 Å². The Labute approximate surface area is 189 Å². The maximum Gasteiger partial charge on any atom is 0.242 e. The Kier molecular flexibility index (Phi) is 7.20. The van der Waals surface area contributed by atoms with E-state index in [0.29, 0.717) is 30.8 Å². The summed E-state index contributed by atoms with van der Waals surface area (Å²) in [5.74, 6) is 0.233. The summed E-state index contributed by atoms with van der Waals surface area (Å²) in [6, 6.07) is 10.6. The molecule has 2 N–H and O–H groups in total. The number of nitrogens with zero attached hydrogens (tertiary/aromatic N) is 1. The Morgan fingerprint density at radius 2 is 1.81 bits per heavy atom. The molecule has 0 saturated carbocycles. The normalized spacial score (nSPS) is 14.2. The first-order chi connectivity index (χ1) is 15.1. The maximum atomic E-state index is 13.1. The van der Waals surface area contributed by atoms with Gasteiger partial charge in [-0.05, 0) is 66.8 Å². The van der Waals surface area contributed by atoms with Crippen molar-refractivity contribution in [2.75, 3.05) is 23.9 Å². The lowest BCUT2D eigenvalue weighted by molar-refractivity contribution is -0.118. The van der Waals surface area contributed by atoms with E-state index in [9.17, 15) is 18.0 Å². The molecule has 3 rings (SSSR count). The van der Waals surface area contributed by atoms with Crippen LogP contribution in [-0.4, -0.2) is 39.9 Å². The van der Waals surface area contributed by atoms with E-state index in [2.05, 4.69) is 10.0 Å². The molecule has 1 aliphatic rings. The molecule has 32 heavy (non-hydrogen) atoms. The lowest BCUT2D eigenvalue weighted by atomic mass is 10.0. The predicted octanol–water partition coefficient (Wildman–Crippen LogP) is 2.94. The van der Waals surface area contributed by atoms with Crippen LogP contribution < -0.4 is 19.7 Å². The second-order valence-electron chi connectivity index (χ2n) is 8.23. The Hall–Kier alpha value is -2.91. The number of hydrogen-bond donors (Lipinski definition) is 2. The van der Waals surface area contributed by atoms with Crippen molar-refractivity contribution in [3.63, 3.8) is 0 Å². The van der Waals surface area contributed by atoms with Crippen LogP contribution in [0, 0.1) is 5.92 Å². The first-order valence-corrected chi connectivity index (χ1v) is 12.0. The molecule has 0 bridgehead atoms. The SMILES string of the molecule is COc1ccc(NC(=O)[C@H](CC(C)C)NS(=O)(=O)c2ccc3c(c2)CCN3C(C)=O)cc1. The van der Waals surface area contributed by atoms with Crippen LogP contribution in [0.1, 0.15) is 32.8 Å². The number of rotatable bonds is 8. The number of nitrogens with one attached hydrogen (secondary N) is 2. The minimum atomic E-state index is -3.95. The molecule has 0 unspecified atom stereocenters. The number of ether oxygens (including phenoxy) is 1. The van der Waals surface area contributed by atoms with Crippen LogP contribution in [0.3, 0.4) is 0 Å². The molecule has 0 aliphatic carbocycles. The van der Waals surface area contributed by atoms with Crippen molar-refractivity contribution in [2.24, 2.45) is 5.92 Å². The molecule has 1 heterocycles. The summed E-state index contributed by atoms with van der Waals surface area (Å²) in [6.07, 6.45) is 0.927. The maximum absolute atomic E-state index is 13.1. The van der Waals surface area contributed by atoms with Gasteiger partial charge in [0.05, 0.1) is 12.0 Å². The van der Waals surface area contributed by atoms with E-state index in [4.69, 9.17) is 4.74 Å². The minimum Gasteiger partial charge on any atom is -0.497 e. The lowest BCUT2D eigenvalue weighted by Crippen LogP contribution is -2.44. The van der Waals surface area contributed by atoms with Crippen LogP contribution in [0.25, 0.3) is 0 Å². The van der Waals surface area contributed by atoms with E-state index < -0.39 is 22.0 Å². The number of anilines is 2. The fraction of sp³-hybridized carbons (Fsp3) is 0.391. The van der Waals surface area contributed by atoms with Crippen molar-refractivity contribution in [3.05, 3.63) is 48.0 Å². The van der Waals surface area contributed by atoms with Crippen LogP contribution in [0.15, 0.2) is 47.4 Å². The predicted molar refractivity (Wildman–Crippen MR) is 123 cm³/mol. The molecule has 0 saturated heterocycles. The zero-order valence-corrected chi connectivity index (χ0v) is 19.5. The molecule has 1 atom stereocenters. The van der Waals surface area contributed by atoms with Gasteiger partial charge in [-0.2, -0.15) is 4.72 Å². The zero-order chi connectivity index (χ0) is 23.5. The summed E-state index contributed by atoms with van der Waals surface area (Å²) in [6.45, 7) is 5.86. The number of methoxy groups -OCH3 is 1. The van der Waals surface area contributed by atoms with Gasteiger partial charge in [0.25, 0.3) is 0 Å². The fourth-order valence-corrected chi connectivity index (χ4v) is 4.97. The van der Waals surface area contributed by atoms with Crippen molar-refractivity contribution in [3.8, 4) is 5.75 Å². The van der Waals surface area contributed by atoms with Gasteiger partial charge in [-0.15, -0.1) is 0 Å². The van der Waals surface area contributed by atoms with Crippen LogP contribution in [0.5, 0.6) is 5.75 Å². The Bertz CT molecular complexity index is 1100. The second kappa shape index (κ2) is 9.70. The van der Waals surface area contributed by atoms with Crippen molar-refractivity contribution < 1.29 is 22.7 Å². The number of fused-ring (bicyclic) bond motifs is 1. The molecule has 8 nitrogen and oxygen atoms in total. The third-order valence-electron chi connectivity index (χ3n) is 5.32. The van der Waals surface area contributed by atoms with Crippen molar-refractivity contribution in [1.82, 2.24) is 4.72 Å². The highest BCUT2D eigenvalue weighted by Gasteiger charge is 2.29. The smallest absolute Gasteiger partial charge is 0.242 e. The highest BCUT2D eigenvalue weighted by molar-refractivity contribution is 7.89. The molecule has 1 aliphatic heterocycles. The van der Waals surface area contributed by atoms with Crippen LogP contribution in [0.2, 0.25) is 0 Å². The monoisotopic (exact) mass is 459 g/mol. The molecule has 9 heteroatoms. The first-order valence-electron chi connectivity index (χ1n) is 10.5. The standard InChI is InChI=1S/C23H29N3O5S/c1-15(2)13-21(23(28)24-18-5-7-19(31-4)8-6-18)25-32(29,30)20-9-10-22-17(14-20)11-12-26(22)16(3)27/h5-10,14-15,21,25H,11-13H2,1-4H3,(H,24,28)/t21-/m0/s1. The number of benzene rings is 2. The van der Waals surface area contributed by atoms with Crippen molar-refractivity contribution >= 4 is 33.2 Å². The minimum absolute atomic E-state index is 0.0765. The highest BCUT2D eigenvalue weighted by Crippen LogP contribution is 2.30. The summed E-state index contributed by atoms with van der Waals surface area (Å²) >= 11 is 0. The summed E-state index contributed by atoms with van der Waals surface area (Å²) < 4.78 is 33.9. The molecule has 0 radical (unpaired) electrons.